The van der Waals surface area contributed by atoms with E-state index in [2.05, 4.69) is 38.3 Å². The molecule has 1 amide bonds. The van der Waals surface area contributed by atoms with Crippen molar-refractivity contribution in [1.82, 2.24) is 10.6 Å². The summed E-state index contributed by atoms with van der Waals surface area (Å²) in [5.74, 6) is 1.25. The number of carbonyl (C=O) groups excluding carboxylic acids is 1. The van der Waals surface area contributed by atoms with E-state index in [0.29, 0.717) is 11.8 Å². The Morgan fingerprint density at radius 1 is 1.53 bits per heavy atom. The van der Waals surface area contributed by atoms with Crippen LogP contribution in [0.25, 0.3) is 0 Å². The molecule has 2 atom stereocenters. The minimum atomic E-state index is -0.249. The lowest BCUT2D eigenvalue weighted by atomic mass is 9.74. The van der Waals surface area contributed by atoms with Crippen LogP contribution in [-0.2, 0) is 4.79 Å². The van der Waals surface area contributed by atoms with E-state index < -0.39 is 0 Å². The first-order valence-corrected chi connectivity index (χ1v) is 6.97. The van der Waals surface area contributed by atoms with Gasteiger partial charge in [-0.25, -0.2) is 0 Å². The predicted octanol–water partition coefficient (Wildman–Crippen LogP) is 2.17. The monoisotopic (exact) mass is 240 g/mol. The summed E-state index contributed by atoms with van der Waals surface area (Å²) in [5, 5.41) is 6.50. The van der Waals surface area contributed by atoms with E-state index >= 15 is 0 Å². The smallest absolute Gasteiger partial charge is 0.225 e. The number of piperidine rings is 1. The Bertz CT molecular complexity index is 245. The van der Waals surface area contributed by atoms with Crippen LogP contribution in [0.4, 0.5) is 0 Å². The molecule has 0 saturated carbocycles. The molecule has 0 aromatic rings. The maximum atomic E-state index is 12.2. The van der Waals surface area contributed by atoms with E-state index in [1.165, 1.54) is 6.42 Å². The van der Waals surface area contributed by atoms with Crippen LogP contribution in [0.1, 0.15) is 47.0 Å². The molecule has 2 N–H and O–H groups in total. The zero-order valence-corrected chi connectivity index (χ0v) is 11.8. The first kappa shape index (κ1) is 14.5. The molecule has 1 saturated heterocycles. The SMILES string of the molecule is CCC(C)CNC(=O)C(C)(C)C1CCCNC1. The summed E-state index contributed by atoms with van der Waals surface area (Å²) in [6.07, 6.45) is 3.47. The maximum Gasteiger partial charge on any atom is 0.225 e. The molecule has 1 heterocycles. The van der Waals surface area contributed by atoms with Gasteiger partial charge in [-0.1, -0.05) is 34.1 Å². The van der Waals surface area contributed by atoms with E-state index in [-0.39, 0.29) is 11.3 Å². The number of hydrogen-bond acceptors (Lipinski definition) is 2. The average molecular weight is 240 g/mol. The van der Waals surface area contributed by atoms with Crippen LogP contribution >= 0.6 is 0 Å². The third kappa shape index (κ3) is 3.98. The molecule has 1 aliphatic heterocycles. The van der Waals surface area contributed by atoms with Gasteiger partial charge in [0, 0.05) is 12.0 Å². The minimum absolute atomic E-state index is 0.214. The van der Waals surface area contributed by atoms with Crippen LogP contribution in [0.15, 0.2) is 0 Å². The van der Waals surface area contributed by atoms with Gasteiger partial charge in [0.05, 0.1) is 0 Å². The van der Waals surface area contributed by atoms with E-state index in [4.69, 9.17) is 0 Å². The largest absolute Gasteiger partial charge is 0.355 e. The van der Waals surface area contributed by atoms with E-state index in [1.807, 2.05) is 0 Å². The first-order valence-electron chi connectivity index (χ1n) is 6.97. The lowest BCUT2D eigenvalue weighted by Gasteiger charge is -2.36. The standard InChI is InChI=1S/C14H28N2O/c1-5-11(2)9-16-13(17)14(3,4)12-7-6-8-15-10-12/h11-12,15H,5-10H2,1-4H3,(H,16,17). The van der Waals surface area contributed by atoms with Gasteiger partial charge in [-0.3, -0.25) is 4.79 Å². The number of rotatable bonds is 5. The van der Waals surface area contributed by atoms with Crippen LogP contribution in [0.2, 0.25) is 0 Å². The van der Waals surface area contributed by atoms with E-state index in [1.54, 1.807) is 0 Å². The van der Waals surface area contributed by atoms with Gasteiger partial charge in [0.1, 0.15) is 0 Å². The molecule has 2 unspecified atom stereocenters. The summed E-state index contributed by atoms with van der Waals surface area (Å²) in [4.78, 5) is 12.2. The zero-order chi connectivity index (χ0) is 12.9. The summed E-state index contributed by atoms with van der Waals surface area (Å²) in [7, 11) is 0. The molecule has 3 nitrogen and oxygen atoms in total. The second-order valence-electron chi connectivity index (χ2n) is 5.99. The van der Waals surface area contributed by atoms with Gasteiger partial charge in [-0.15, -0.1) is 0 Å². The average Bonchev–Trinajstić information content (AvgIpc) is 2.36. The second-order valence-corrected chi connectivity index (χ2v) is 5.99. The quantitative estimate of drug-likeness (QED) is 0.773. The third-order valence-electron chi connectivity index (χ3n) is 4.21. The van der Waals surface area contributed by atoms with E-state index in [0.717, 1.165) is 32.5 Å². The molecule has 0 spiro atoms. The predicted molar refractivity (Wildman–Crippen MR) is 71.8 cm³/mol. The molecule has 0 aromatic carbocycles. The minimum Gasteiger partial charge on any atom is -0.355 e. The van der Waals surface area contributed by atoms with Crippen LogP contribution in [0.5, 0.6) is 0 Å². The van der Waals surface area contributed by atoms with Gasteiger partial charge in [0.15, 0.2) is 0 Å². The highest BCUT2D eigenvalue weighted by atomic mass is 16.2. The summed E-state index contributed by atoms with van der Waals surface area (Å²) in [5.41, 5.74) is -0.249. The normalized spacial score (nSPS) is 23.2. The summed E-state index contributed by atoms with van der Waals surface area (Å²) in [6, 6.07) is 0. The topological polar surface area (TPSA) is 41.1 Å². The van der Waals surface area contributed by atoms with Crippen molar-refractivity contribution in [1.29, 1.82) is 0 Å². The molecule has 1 rings (SSSR count). The van der Waals surface area contributed by atoms with Gasteiger partial charge in [-0.2, -0.15) is 0 Å². The summed E-state index contributed by atoms with van der Waals surface area (Å²) < 4.78 is 0. The van der Waals surface area contributed by atoms with Crippen LogP contribution in [-0.4, -0.2) is 25.5 Å². The highest BCUT2D eigenvalue weighted by molar-refractivity contribution is 5.82. The van der Waals surface area contributed by atoms with Crippen molar-refractivity contribution >= 4 is 5.91 Å². The second kappa shape index (κ2) is 6.39. The van der Waals surface area contributed by atoms with Crippen molar-refractivity contribution in [2.24, 2.45) is 17.3 Å². The lowest BCUT2D eigenvalue weighted by Crippen LogP contribution is -2.48. The molecule has 0 bridgehead atoms. The van der Waals surface area contributed by atoms with Crippen molar-refractivity contribution in [3.05, 3.63) is 0 Å². The number of amides is 1. The van der Waals surface area contributed by atoms with Crippen molar-refractivity contribution in [2.75, 3.05) is 19.6 Å². The van der Waals surface area contributed by atoms with Gasteiger partial charge in [0.25, 0.3) is 0 Å². The van der Waals surface area contributed by atoms with Crippen LogP contribution in [0, 0.1) is 17.3 Å². The van der Waals surface area contributed by atoms with Crippen molar-refractivity contribution in [3.63, 3.8) is 0 Å². The fraction of sp³-hybridized carbons (Fsp3) is 0.929. The fourth-order valence-electron chi connectivity index (χ4n) is 2.29. The lowest BCUT2D eigenvalue weighted by molar-refractivity contribution is -0.132. The maximum absolute atomic E-state index is 12.2. The van der Waals surface area contributed by atoms with Gasteiger partial charge >= 0.3 is 0 Å². The first-order chi connectivity index (χ1) is 7.98. The highest BCUT2D eigenvalue weighted by Crippen LogP contribution is 2.31. The van der Waals surface area contributed by atoms with Crippen molar-refractivity contribution in [2.45, 2.75) is 47.0 Å². The van der Waals surface area contributed by atoms with Crippen LogP contribution in [0.3, 0.4) is 0 Å². The molecule has 1 aliphatic rings. The zero-order valence-electron chi connectivity index (χ0n) is 11.8. The van der Waals surface area contributed by atoms with E-state index in [9.17, 15) is 4.79 Å². The van der Waals surface area contributed by atoms with Gasteiger partial charge < -0.3 is 10.6 Å². The van der Waals surface area contributed by atoms with Gasteiger partial charge in [-0.05, 0) is 37.8 Å². The highest BCUT2D eigenvalue weighted by Gasteiger charge is 2.37. The molecule has 3 heteroatoms. The summed E-state index contributed by atoms with van der Waals surface area (Å²) >= 11 is 0. The third-order valence-corrected chi connectivity index (χ3v) is 4.21. The van der Waals surface area contributed by atoms with Crippen molar-refractivity contribution in [3.8, 4) is 0 Å². The Morgan fingerprint density at radius 3 is 2.76 bits per heavy atom. The number of nitrogens with one attached hydrogen (secondary N) is 2. The van der Waals surface area contributed by atoms with Crippen molar-refractivity contribution < 1.29 is 4.79 Å². The Labute approximate surface area is 106 Å². The fourth-order valence-corrected chi connectivity index (χ4v) is 2.29. The molecule has 0 radical (unpaired) electrons. The van der Waals surface area contributed by atoms with Gasteiger partial charge in [0.2, 0.25) is 5.91 Å². The summed E-state index contributed by atoms with van der Waals surface area (Å²) in [6.45, 7) is 11.4. The molecular weight excluding hydrogens is 212 g/mol. The molecular formula is C14H28N2O. The number of hydrogen-bond donors (Lipinski definition) is 2. The molecule has 0 aromatic heterocycles. The Kier molecular flexibility index (Phi) is 5.44. The Morgan fingerprint density at radius 2 is 2.24 bits per heavy atom. The molecule has 100 valence electrons. The Hall–Kier alpha value is -0.570. The molecule has 0 aliphatic carbocycles. The molecule has 17 heavy (non-hydrogen) atoms. The van der Waals surface area contributed by atoms with Crippen LogP contribution < -0.4 is 10.6 Å². The number of carbonyl (C=O) groups is 1. The molecule has 1 fully saturated rings. The Balaban J connectivity index is 2.47.